The average molecular weight is 293 g/mol. The first kappa shape index (κ1) is 17.2. The minimum Gasteiger partial charge on any atom is -0.467 e. The number of amides is 1. The van der Waals surface area contributed by atoms with Crippen molar-refractivity contribution in [2.45, 2.75) is 38.8 Å². The Hall–Kier alpha value is -1.88. The van der Waals surface area contributed by atoms with Gasteiger partial charge in [0.2, 0.25) is 5.91 Å². The van der Waals surface area contributed by atoms with Crippen LogP contribution in [0.4, 0.5) is 0 Å². The Morgan fingerprint density at radius 3 is 2.38 bits per heavy atom. The fourth-order valence-electron chi connectivity index (χ4n) is 2.03. The van der Waals surface area contributed by atoms with E-state index in [-0.39, 0.29) is 12.3 Å². The van der Waals surface area contributed by atoms with Crippen molar-refractivity contribution in [1.29, 1.82) is 0 Å². The molecule has 1 amide bonds. The third-order valence-corrected chi connectivity index (χ3v) is 3.08. The number of aliphatic hydroxyl groups is 1. The first-order valence-electron chi connectivity index (χ1n) is 7.04. The largest absolute Gasteiger partial charge is 0.467 e. The number of hydrogen-bond donors (Lipinski definition) is 2. The lowest BCUT2D eigenvalue weighted by atomic mass is 10.0. The van der Waals surface area contributed by atoms with Gasteiger partial charge in [-0.15, -0.1) is 0 Å². The van der Waals surface area contributed by atoms with Gasteiger partial charge in [0, 0.05) is 6.42 Å². The van der Waals surface area contributed by atoms with E-state index in [9.17, 15) is 14.7 Å². The van der Waals surface area contributed by atoms with Crippen LogP contribution in [0.25, 0.3) is 0 Å². The molecule has 1 unspecified atom stereocenters. The molecule has 0 radical (unpaired) electrons. The number of methoxy groups -OCH3 is 1. The fraction of sp³-hybridized carbons (Fsp3) is 0.500. The number of rotatable bonds is 7. The maximum absolute atomic E-state index is 12.0. The van der Waals surface area contributed by atoms with Crippen LogP contribution >= 0.6 is 0 Å². The van der Waals surface area contributed by atoms with Gasteiger partial charge in [0.15, 0.2) is 0 Å². The molecular formula is C16H23NO4. The van der Waals surface area contributed by atoms with Crippen LogP contribution in [0.15, 0.2) is 30.3 Å². The lowest BCUT2D eigenvalue weighted by Crippen LogP contribution is -2.47. The van der Waals surface area contributed by atoms with Gasteiger partial charge in [0.05, 0.1) is 7.11 Å². The van der Waals surface area contributed by atoms with E-state index < -0.39 is 24.0 Å². The molecule has 116 valence electrons. The van der Waals surface area contributed by atoms with E-state index in [1.54, 1.807) is 0 Å². The third kappa shape index (κ3) is 5.95. The van der Waals surface area contributed by atoms with Crippen molar-refractivity contribution in [3.63, 3.8) is 0 Å². The Balaban J connectivity index is 2.61. The first-order chi connectivity index (χ1) is 9.93. The number of hydrogen-bond acceptors (Lipinski definition) is 4. The second kappa shape index (κ2) is 8.42. The van der Waals surface area contributed by atoms with Crippen molar-refractivity contribution in [2.24, 2.45) is 5.92 Å². The number of nitrogens with one attached hydrogen (secondary N) is 1. The third-order valence-electron chi connectivity index (χ3n) is 3.08. The molecule has 0 aliphatic carbocycles. The highest BCUT2D eigenvalue weighted by Crippen LogP contribution is 2.08. The summed E-state index contributed by atoms with van der Waals surface area (Å²) in [6.07, 6.45) is -0.509. The van der Waals surface area contributed by atoms with Crippen LogP contribution in [-0.4, -0.2) is 36.2 Å². The van der Waals surface area contributed by atoms with Gasteiger partial charge in [0.25, 0.3) is 0 Å². The molecule has 0 fully saturated rings. The van der Waals surface area contributed by atoms with Crippen molar-refractivity contribution in [3.8, 4) is 0 Å². The van der Waals surface area contributed by atoms with Crippen molar-refractivity contribution in [2.75, 3.05) is 7.11 Å². The molecule has 5 nitrogen and oxygen atoms in total. The van der Waals surface area contributed by atoms with Crippen LogP contribution in [0, 0.1) is 5.92 Å². The molecule has 0 bridgehead atoms. The van der Waals surface area contributed by atoms with E-state index in [1.807, 2.05) is 44.2 Å². The first-order valence-corrected chi connectivity index (χ1v) is 7.04. The molecule has 0 saturated heterocycles. The smallest absolute Gasteiger partial charge is 0.328 e. The maximum atomic E-state index is 12.0. The molecule has 0 aliphatic heterocycles. The lowest BCUT2D eigenvalue weighted by Gasteiger charge is -2.20. The molecule has 0 aliphatic rings. The monoisotopic (exact) mass is 293 g/mol. The molecule has 0 saturated carbocycles. The zero-order chi connectivity index (χ0) is 15.8. The molecule has 5 heteroatoms. The highest BCUT2D eigenvalue weighted by Gasteiger charge is 2.25. The van der Waals surface area contributed by atoms with Crippen molar-refractivity contribution < 1.29 is 19.4 Å². The summed E-state index contributed by atoms with van der Waals surface area (Å²) in [5.74, 6) is -0.834. The summed E-state index contributed by atoms with van der Waals surface area (Å²) in [6.45, 7) is 3.89. The van der Waals surface area contributed by atoms with Crippen molar-refractivity contribution in [1.82, 2.24) is 5.32 Å². The number of benzene rings is 1. The van der Waals surface area contributed by atoms with Crippen LogP contribution in [0.5, 0.6) is 0 Å². The van der Waals surface area contributed by atoms with Gasteiger partial charge < -0.3 is 15.2 Å². The van der Waals surface area contributed by atoms with Gasteiger partial charge in [-0.1, -0.05) is 44.2 Å². The van der Waals surface area contributed by atoms with E-state index in [4.69, 9.17) is 0 Å². The molecular weight excluding hydrogens is 270 g/mol. The summed E-state index contributed by atoms with van der Waals surface area (Å²) in [7, 11) is 1.28. The Morgan fingerprint density at radius 2 is 1.86 bits per heavy atom. The molecule has 0 heterocycles. The van der Waals surface area contributed by atoms with E-state index in [0.717, 1.165) is 5.56 Å². The number of carbonyl (C=O) groups is 2. The van der Waals surface area contributed by atoms with Crippen molar-refractivity contribution in [3.05, 3.63) is 35.9 Å². The maximum Gasteiger partial charge on any atom is 0.328 e. The summed E-state index contributed by atoms with van der Waals surface area (Å²) in [5.41, 5.74) is 0.860. The summed E-state index contributed by atoms with van der Waals surface area (Å²) in [6, 6.07) is 8.50. The second-order valence-electron chi connectivity index (χ2n) is 5.42. The van der Waals surface area contributed by atoms with Crippen LogP contribution in [0.2, 0.25) is 0 Å². The Kier molecular flexibility index (Phi) is 6.88. The van der Waals surface area contributed by atoms with E-state index >= 15 is 0 Å². The normalized spacial score (nSPS) is 13.6. The molecule has 1 aromatic carbocycles. The number of carbonyl (C=O) groups excluding carboxylic acids is 2. The topological polar surface area (TPSA) is 75.6 Å². The van der Waals surface area contributed by atoms with Crippen molar-refractivity contribution >= 4 is 11.9 Å². The molecule has 21 heavy (non-hydrogen) atoms. The zero-order valence-electron chi connectivity index (χ0n) is 12.7. The highest BCUT2D eigenvalue weighted by molar-refractivity contribution is 5.86. The Morgan fingerprint density at radius 1 is 1.24 bits per heavy atom. The minimum absolute atomic E-state index is 0.211. The van der Waals surface area contributed by atoms with Gasteiger partial charge in [-0.3, -0.25) is 4.79 Å². The Bertz CT molecular complexity index is 459. The number of ether oxygens (including phenoxy) is 1. The second-order valence-corrected chi connectivity index (χ2v) is 5.42. The summed E-state index contributed by atoms with van der Waals surface area (Å²) < 4.78 is 4.68. The SMILES string of the molecule is COC(=O)[C@H](CC(C)C)NC(=O)C(O)Cc1ccccc1. The van der Waals surface area contributed by atoms with Crippen LogP contribution < -0.4 is 5.32 Å². The fourth-order valence-corrected chi connectivity index (χ4v) is 2.03. The molecule has 1 aromatic rings. The summed E-state index contributed by atoms with van der Waals surface area (Å²) >= 11 is 0. The van der Waals surface area contributed by atoms with Gasteiger partial charge >= 0.3 is 5.97 Å². The highest BCUT2D eigenvalue weighted by atomic mass is 16.5. The molecule has 2 atom stereocenters. The predicted molar refractivity (Wildman–Crippen MR) is 79.6 cm³/mol. The number of aliphatic hydroxyl groups excluding tert-OH is 1. The minimum atomic E-state index is -1.19. The van der Waals surface area contributed by atoms with Crippen LogP contribution in [0.3, 0.4) is 0 Å². The van der Waals surface area contributed by atoms with Gasteiger partial charge in [-0.2, -0.15) is 0 Å². The summed E-state index contributed by atoms with van der Waals surface area (Å²) in [5, 5.41) is 12.5. The molecule has 0 aromatic heterocycles. The summed E-state index contributed by atoms with van der Waals surface area (Å²) in [4.78, 5) is 23.6. The van der Waals surface area contributed by atoms with Crippen LogP contribution in [-0.2, 0) is 20.7 Å². The zero-order valence-corrected chi connectivity index (χ0v) is 12.7. The van der Waals surface area contributed by atoms with Gasteiger partial charge in [-0.25, -0.2) is 4.79 Å². The standard InChI is InChI=1S/C16H23NO4/c1-11(2)9-13(16(20)21-3)17-15(19)14(18)10-12-7-5-4-6-8-12/h4-8,11,13-14,18H,9-10H2,1-3H3,(H,17,19)/t13-,14?/m0/s1. The molecule has 1 rings (SSSR count). The number of esters is 1. The van der Waals surface area contributed by atoms with E-state index in [0.29, 0.717) is 6.42 Å². The lowest BCUT2D eigenvalue weighted by molar-refractivity contribution is -0.146. The quantitative estimate of drug-likeness (QED) is 0.743. The predicted octanol–water partition coefficient (Wildman–Crippen LogP) is 1.29. The molecule has 2 N–H and O–H groups in total. The molecule has 0 spiro atoms. The van der Waals surface area contributed by atoms with Crippen LogP contribution in [0.1, 0.15) is 25.8 Å². The average Bonchev–Trinajstić information content (AvgIpc) is 2.46. The van der Waals surface area contributed by atoms with Gasteiger partial charge in [-0.05, 0) is 17.9 Å². The Labute approximate surface area is 125 Å². The van der Waals surface area contributed by atoms with E-state index in [1.165, 1.54) is 7.11 Å². The van der Waals surface area contributed by atoms with Gasteiger partial charge in [0.1, 0.15) is 12.1 Å². The van der Waals surface area contributed by atoms with E-state index in [2.05, 4.69) is 10.1 Å².